The number of rotatable bonds is 15. The van der Waals surface area contributed by atoms with Gasteiger partial charge in [0.2, 0.25) is 5.91 Å². The van der Waals surface area contributed by atoms with Crippen molar-refractivity contribution in [3.63, 3.8) is 0 Å². The van der Waals surface area contributed by atoms with Crippen molar-refractivity contribution in [3.05, 3.63) is 30.6 Å². The number of nitrogens with zero attached hydrogens (tertiary/aromatic N) is 3. The van der Waals surface area contributed by atoms with Crippen LogP contribution >= 0.6 is 0 Å². The van der Waals surface area contributed by atoms with Gasteiger partial charge in [0, 0.05) is 12.6 Å². The van der Waals surface area contributed by atoms with E-state index in [2.05, 4.69) is 11.9 Å². The lowest BCUT2D eigenvalue weighted by Crippen LogP contribution is -2.43. The molecule has 2 aromatic heterocycles. The van der Waals surface area contributed by atoms with Crippen molar-refractivity contribution < 1.29 is 14.7 Å². The number of fused-ring (bicyclic) bond motifs is 1. The minimum atomic E-state index is -1.03. The molecular formula is C24H37N3O3. The van der Waals surface area contributed by atoms with Crippen molar-refractivity contribution in [1.29, 1.82) is 0 Å². The van der Waals surface area contributed by atoms with Crippen LogP contribution in [-0.2, 0) is 9.59 Å². The molecule has 0 saturated carbocycles. The molecule has 2 heterocycles. The van der Waals surface area contributed by atoms with Gasteiger partial charge in [-0.25, -0.2) is 9.78 Å². The Balaban J connectivity index is 1.76. The third-order valence-electron chi connectivity index (χ3n) is 5.61. The molecule has 0 aliphatic carbocycles. The van der Waals surface area contributed by atoms with Crippen LogP contribution in [0.3, 0.4) is 0 Å². The molecule has 30 heavy (non-hydrogen) atoms. The van der Waals surface area contributed by atoms with Crippen molar-refractivity contribution in [1.82, 2.24) is 9.38 Å². The van der Waals surface area contributed by atoms with E-state index in [4.69, 9.17) is 0 Å². The Morgan fingerprint density at radius 2 is 1.60 bits per heavy atom. The van der Waals surface area contributed by atoms with E-state index in [1.165, 1.54) is 63.2 Å². The Labute approximate surface area is 180 Å². The predicted molar refractivity (Wildman–Crippen MR) is 121 cm³/mol. The first-order chi connectivity index (χ1) is 14.5. The van der Waals surface area contributed by atoms with Gasteiger partial charge >= 0.3 is 5.97 Å². The second kappa shape index (κ2) is 13.0. The van der Waals surface area contributed by atoms with E-state index in [9.17, 15) is 14.7 Å². The number of hydrogen-bond acceptors (Lipinski definition) is 3. The molecule has 0 saturated heterocycles. The SMILES string of the molecule is CCCCCCCCCCCCCC(=O)N(c1cn2ccccc2n1)[C@@H](C)C(=O)O. The zero-order chi connectivity index (χ0) is 21.8. The summed E-state index contributed by atoms with van der Waals surface area (Å²) in [6.45, 7) is 3.77. The van der Waals surface area contributed by atoms with Crippen LogP contribution in [0.15, 0.2) is 30.6 Å². The highest BCUT2D eigenvalue weighted by Crippen LogP contribution is 2.20. The molecule has 2 aromatic rings. The second-order valence-electron chi connectivity index (χ2n) is 8.13. The van der Waals surface area contributed by atoms with Crippen molar-refractivity contribution in [2.45, 2.75) is 96.9 Å². The van der Waals surface area contributed by atoms with Gasteiger partial charge < -0.3 is 9.51 Å². The number of aromatic nitrogens is 2. The summed E-state index contributed by atoms with van der Waals surface area (Å²) in [6, 6.07) is 4.62. The van der Waals surface area contributed by atoms with Crippen molar-refractivity contribution >= 4 is 23.3 Å². The van der Waals surface area contributed by atoms with Gasteiger partial charge in [0.25, 0.3) is 0 Å². The summed E-state index contributed by atoms with van der Waals surface area (Å²) in [5.74, 6) is -0.812. The van der Waals surface area contributed by atoms with Crippen LogP contribution in [0.4, 0.5) is 5.82 Å². The molecule has 6 nitrogen and oxygen atoms in total. The molecule has 0 aliphatic rings. The van der Waals surface area contributed by atoms with Crippen LogP contribution in [0.1, 0.15) is 90.9 Å². The number of hydrogen-bond donors (Lipinski definition) is 1. The van der Waals surface area contributed by atoms with E-state index >= 15 is 0 Å². The highest BCUT2D eigenvalue weighted by molar-refractivity contribution is 5.98. The van der Waals surface area contributed by atoms with Gasteiger partial charge in [-0.05, 0) is 25.5 Å². The van der Waals surface area contributed by atoms with Crippen molar-refractivity contribution in [3.8, 4) is 0 Å². The third-order valence-corrected chi connectivity index (χ3v) is 5.61. The van der Waals surface area contributed by atoms with Crippen LogP contribution in [0.5, 0.6) is 0 Å². The standard InChI is InChI=1S/C24H37N3O3/c1-3-4-5-6-7-8-9-10-11-12-13-17-23(28)27(20(2)24(29)30)22-19-26-18-15-14-16-21(26)25-22/h14-16,18-20H,3-13,17H2,1-2H3,(H,29,30)/t20-/m0/s1. The lowest BCUT2D eigenvalue weighted by Gasteiger charge is -2.24. The molecule has 166 valence electrons. The van der Waals surface area contributed by atoms with Gasteiger partial charge in [-0.3, -0.25) is 9.69 Å². The molecule has 0 fully saturated rings. The maximum Gasteiger partial charge on any atom is 0.326 e. The Morgan fingerprint density at radius 1 is 1.00 bits per heavy atom. The third kappa shape index (κ3) is 7.47. The number of anilines is 1. The second-order valence-corrected chi connectivity index (χ2v) is 8.13. The number of pyridine rings is 1. The van der Waals surface area contributed by atoms with Crippen LogP contribution in [-0.4, -0.2) is 32.4 Å². The summed E-state index contributed by atoms with van der Waals surface area (Å²) in [6.07, 6.45) is 17.3. The Hall–Kier alpha value is -2.37. The van der Waals surface area contributed by atoms with Crippen LogP contribution in [0.2, 0.25) is 0 Å². The molecule has 2 rings (SSSR count). The fourth-order valence-electron chi connectivity index (χ4n) is 3.75. The predicted octanol–water partition coefficient (Wildman–Crippen LogP) is 5.84. The average Bonchev–Trinajstić information content (AvgIpc) is 3.15. The van der Waals surface area contributed by atoms with E-state index in [0.29, 0.717) is 17.9 Å². The first kappa shape index (κ1) is 23.9. The topological polar surface area (TPSA) is 74.9 Å². The molecule has 0 aliphatic heterocycles. The van der Waals surface area contributed by atoms with Gasteiger partial charge in [0.1, 0.15) is 11.7 Å². The number of amides is 1. The van der Waals surface area contributed by atoms with Gasteiger partial charge in [0.05, 0.1) is 6.20 Å². The summed E-state index contributed by atoms with van der Waals surface area (Å²) >= 11 is 0. The quantitative estimate of drug-likeness (QED) is 0.371. The Bertz CT molecular complexity index is 754. The number of carboxylic acid groups (broad SMARTS) is 1. The molecule has 1 atom stereocenters. The fraction of sp³-hybridized carbons (Fsp3) is 0.625. The smallest absolute Gasteiger partial charge is 0.326 e. The van der Waals surface area contributed by atoms with Crippen LogP contribution in [0.25, 0.3) is 5.65 Å². The molecule has 1 N–H and O–H groups in total. The fourth-order valence-corrected chi connectivity index (χ4v) is 3.75. The Kier molecular flexibility index (Phi) is 10.4. The number of carboxylic acids is 1. The lowest BCUT2D eigenvalue weighted by atomic mass is 10.0. The zero-order valence-corrected chi connectivity index (χ0v) is 18.6. The molecule has 0 bridgehead atoms. The highest BCUT2D eigenvalue weighted by Gasteiger charge is 2.28. The lowest BCUT2D eigenvalue weighted by molar-refractivity contribution is -0.139. The summed E-state index contributed by atoms with van der Waals surface area (Å²) in [5, 5.41) is 9.47. The molecule has 0 radical (unpaired) electrons. The monoisotopic (exact) mass is 415 g/mol. The van der Waals surface area contributed by atoms with Gasteiger partial charge in [0.15, 0.2) is 5.82 Å². The van der Waals surface area contributed by atoms with E-state index in [1.54, 1.807) is 10.6 Å². The number of imidazole rings is 1. The largest absolute Gasteiger partial charge is 0.480 e. The number of unbranched alkanes of at least 4 members (excludes halogenated alkanes) is 10. The summed E-state index contributed by atoms with van der Waals surface area (Å²) in [5.41, 5.74) is 0.692. The Morgan fingerprint density at radius 3 is 2.17 bits per heavy atom. The molecule has 0 aromatic carbocycles. The molecular weight excluding hydrogens is 378 g/mol. The summed E-state index contributed by atoms with van der Waals surface area (Å²) in [4.78, 5) is 30.2. The summed E-state index contributed by atoms with van der Waals surface area (Å²) in [7, 11) is 0. The highest BCUT2D eigenvalue weighted by atomic mass is 16.4. The molecule has 0 spiro atoms. The van der Waals surface area contributed by atoms with E-state index < -0.39 is 12.0 Å². The van der Waals surface area contributed by atoms with Gasteiger partial charge in [-0.2, -0.15) is 0 Å². The van der Waals surface area contributed by atoms with Gasteiger partial charge in [-0.1, -0.05) is 77.2 Å². The van der Waals surface area contributed by atoms with Crippen molar-refractivity contribution in [2.75, 3.05) is 4.90 Å². The average molecular weight is 416 g/mol. The molecule has 6 heteroatoms. The normalized spacial score (nSPS) is 12.2. The maximum atomic E-state index is 12.8. The minimum absolute atomic E-state index is 0.177. The molecule has 1 amide bonds. The van der Waals surface area contributed by atoms with E-state index in [-0.39, 0.29) is 5.91 Å². The zero-order valence-electron chi connectivity index (χ0n) is 18.6. The minimum Gasteiger partial charge on any atom is -0.480 e. The molecule has 0 unspecified atom stereocenters. The van der Waals surface area contributed by atoms with Crippen LogP contribution < -0.4 is 4.90 Å². The first-order valence-electron chi connectivity index (χ1n) is 11.5. The van der Waals surface area contributed by atoms with E-state index in [1.807, 2.05) is 24.4 Å². The summed E-state index contributed by atoms with van der Waals surface area (Å²) < 4.78 is 1.80. The maximum absolute atomic E-state index is 12.8. The number of aliphatic carboxylic acids is 1. The van der Waals surface area contributed by atoms with Crippen LogP contribution in [0, 0.1) is 0 Å². The first-order valence-corrected chi connectivity index (χ1v) is 11.5. The number of carbonyl (C=O) groups excluding carboxylic acids is 1. The number of carbonyl (C=O) groups is 2. The van der Waals surface area contributed by atoms with E-state index in [0.717, 1.165) is 19.3 Å². The van der Waals surface area contributed by atoms with Crippen molar-refractivity contribution in [2.24, 2.45) is 0 Å². The van der Waals surface area contributed by atoms with Gasteiger partial charge in [-0.15, -0.1) is 0 Å².